The molecule has 0 saturated carbocycles. The van der Waals surface area contributed by atoms with Crippen molar-refractivity contribution in [3.05, 3.63) is 77.9 Å². The van der Waals surface area contributed by atoms with Crippen LogP contribution in [0.4, 0.5) is 0 Å². The molecule has 1 fully saturated rings. The molecular formula is C25H28N2O2. The summed E-state index contributed by atoms with van der Waals surface area (Å²) in [6, 6.07) is 22.3. The van der Waals surface area contributed by atoms with E-state index in [0.29, 0.717) is 6.54 Å². The van der Waals surface area contributed by atoms with Crippen molar-refractivity contribution in [1.82, 2.24) is 10.2 Å². The third-order valence-corrected chi connectivity index (χ3v) is 5.55. The van der Waals surface area contributed by atoms with E-state index < -0.39 is 0 Å². The number of nitrogens with zero attached hydrogens (tertiary/aromatic N) is 1. The molecule has 4 heteroatoms. The maximum Gasteiger partial charge on any atom is 0.258 e. The molecule has 0 aromatic heterocycles. The molecule has 1 amide bonds. The Labute approximate surface area is 172 Å². The number of fused-ring (bicyclic) bond motifs is 1. The van der Waals surface area contributed by atoms with Gasteiger partial charge in [0, 0.05) is 18.5 Å². The summed E-state index contributed by atoms with van der Waals surface area (Å²) in [5.74, 6) is 0.634. The van der Waals surface area contributed by atoms with Crippen LogP contribution in [0.1, 0.15) is 30.4 Å². The van der Waals surface area contributed by atoms with Gasteiger partial charge in [0.25, 0.3) is 5.91 Å². The fraction of sp³-hybridized carbons (Fsp3) is 0.320. The van der Waals surface area contributed by atoms with Crippen molar-refractivity contribution in [2.75, 3.05) is 19.7 Å². The van der Waals surface area contributed by atoms with Crippen LogP contribution in [0.3, 0.4) is 0 Å². The van der Waals surface area contributed by atoms with Gasteiger partial charge in [0.2, 0.25) is 0 Å². The lowest BCUT2D eigenvalue weighted by Gasteiger charge is -2.27. The predicted molar refractivity (Wildman–Crippen MR) is 117 cm³/mol. The first kappa shape index (κ1) is 19.5. The van der Waals surface area contributed by atoms with Gasteiger partial charge in [-0.2, -0.15) is 0 Å². The monoisotopic (exact) mass is 388 g/mol. The van der Waals surface area contributed by atoms with E-state index >= 15 is 0 Å². The van der Waals surface area contributed by atoms with Crippen molar-refractivity contribution < 1.29 is 9.53 Å². The Balaban J connectivity index is 1.33. The number of amides is 1. The van der Waals surface area contributed by atoms with Crippen LogP contribution < -0.4 is 10.1 Å². The van der Waals surface area contributed by atoms with Gasteiger partial charge in [-0.1, -0.05) is 67.1 Å². The highest BCUT2D eigenvalue weighted by Crippen LogP contribution is 2.25. The minimum absolute atomic E-state index is 0.0162. The number of carbonyl (C=O) groups is 1. The quantitative estimate of drug-likeness (QED) is 0.647. The molecule has 0 spiro atoms. The van der Waals surface area contributed by atoms with Crippen LogP contribution in [0.15, 0.2) is 66.7 Å². The number of piperidine rings is 1. The van der Waals surface area contributed by atoms with E-state index in [0.717, 1.165) is 23.1 Å². The van der Waals surface area contributed by atoms with E-state index in [1.165, 1.54) is 43.5 Å². The molecule has 0 radical (unpaired) electrons. The molecule has 1 aliphatic heterocycles. The van der Waals surface area contributed by atoms with Gasteiger partial charge in [-0.3, -0.25) is 9.69 Å². The maximum absolute atomic E-state index is 12.4. The molecule has 0 bridgehead atoms. The van der Waals surface area contributed by atoms with Crippen LogP contribution in [-0.4, -0.2) is 30.5 Å². The van der Waals surface area contributed by atoms with Crippen molar-refractivity contribution in [3.63, 3.8) is 0 Å². The van der Waals surface area contributed by atoms with E-state index in [4.69, 9.17) is 4.74 Å². The fourth-order valence-corrected chi connectivity index (χ4v) is 3.95. The van der Waals surface area contributed by atoms with Crippen molar-refractivity contribution in [3.8, 4) is 5.75 Å². The van der Waals surface area contributed by atoms with Crippen molar-refractivity contribution in [1.29, 1.82) is 0 Å². The number of ether oxygens (including phenoxy) is 1. The number of nitrogens with one attached hydrogen (secondary N) is 1. The Morgan fingerprint density at radius 2 is 1.59 bits per heavy atom. The van der Waals surface area contributed by atoms with Crippen LogP contribution in [0.5, 0.6) is 5.75 Å². The summed E-state index contributed by atoms with van der Waals surface area (Å²) < 4.78 is 5.80. The second-order valence-corrected chi connectivity index (χ2v) is 7.65. The molecule has 1 N–H and O–H groups in total. The standard InChI is InChI=1S/C25H28N2O2/c28-25(19-29-24-14-8-12-20-9-4-5-13-23(20)24)26-17-21-10-2-3-11-22(21)18-27-15-6-1-7-16-27/h2-5,8-14H,1,6-7,15-19H2,(H,26,28). The lowest BCUT2D eigenvalue weighted by Crippen LogP contribution is -2.31. The number of rotatable bonds is 7. The Kier molecular flexibility index (Phi) is 6.42. The number of likely N-dealkylation sites (tertiary alicyclic amines) is 1. The summed E-state index contributed by atoms with van der Waals surface area (Å²) >= 11 is 0. The SMILES string of the molecule is O=C(COc1cccc2ccccc12)NCc1ccccc1CN1CCCCC1. The third kappa shape index (κ3) is 5.15. The molecular weight excluding hydrogens is 360 g/mol. The summed E-state index contributed by atoms with van der Waals surface area (Å²) in [6.45, 7) is 3.84. The first-order valence-corrected chi connectivity index (χ1v) is 10.5. The third-order valence-electron chi connectivity index (χ3n) is 5.55. The zero-order valence-corrected chi connectivity index (χ0v) is 16.8. The Morgan fingerprint density at radius 1 is 0.862 bits per heavy atom. The van der Waals surface area contributed by atoms with E-state index in [-0.39, 0.29) is 12.5 Å². The van der Waals surface area contributed by atoms with E-state index in [9.17, 15) is 4.79 Å². The summed E-state index contributed by atoms with van der Waals surface area (Å²) in [4.78, 5) is 14.9. The Bertz CT molecular complexity index is 958. The van der Waals surface area contributed by atoms with Crippen molar-refractivity contribution in [2.45, 2.75) is 32.4 Å². The predicted octanol–water partition coefficient (Wildman–Crippen LogP) is 4.52. The molecule has 1 saturated heterocycles. The highest BCUT2D eigenvalue weighted by molar-refractivity contribution is 5.88. The Morgan fingerprint density at radius 3 is 2.45 bits per heavy atom. The first-order valence-electron chi connectivity index (χ1n) is 10.5. The smallest absolute Gasteiger partial charge is 0.258 e. The second kappa shape index (κ2) is 9.57. The molecule has 4 rings (SSSR count). The van der Waals surface area contributed by atoms with Crippen molar-refractivity contribution in [2.24, 2.45) is 0 Å². The summed E-state index contributed by atoms with van der Waals surface area (Å²) in [5, 5.41) is 5.14. The molecule has 4 nitrogen and oxygen atoms in total. The molecule has 3 aromatic rings. The lowest BCUT2D eigenvalue weighted by molar-refractivity contribution is -0.123. The number of carbonyl (C=O) groups excluding carboxylic acids is 1. The fourth-order valence-electron chi connectivity index (χ4n) is 3.95. The van der Waals surface area contributed by atoms with Gasteiger partial charge in [0.1, 0.15) is 5.75 Å². The summed E-state index contributed by atoms with van der Waals surface area (Å²) in [5.41, 5.74) is 2.47. The highest BCUT2D eigenvalue weighted by Gasteiger charge is 2.13. The molecule has 0 atom stereocenters. The Hall–Kier alpha value is -2.85. The van der Waals surface area contributed by atoms with Gasteiger partial charge in [-0.15, -0.1) is 0 Å². The molecule has 29 heavy (non-hydrogen) atoms. The zero-order valence-electron chi connectivity index (χ0n) is 16.8. The molecule has 0 unspecified atom stereocenters. The molecule has 150 valence electrons. The van der Waals surface area contributed by atoms with Crippen molar-refractivity contribution >= 4 is 16.7 Å². The molecule has 1 aliphatic rings. The van der Waals surface area contributed by atoms with Crippen LogP contribution in [0, 0.1) is 0 Å². The largest absolute Gasteiger partial charge is 0.483 e. The molecule has 3 aromatic carbocycles. The van der Waals surface area contributed by atoms with Crippen LogP contribution in [0.25, 0.3) is 10.8 Å². The maximum atomic E-state index is 12.4. The first-order chi connectivity index (χ1) is 14.3. The van der Waals surface area contributed by atoms with E-state index in [1.54, 1.807) is 0 Å². The zero-order chi connectivity index (χ0) is 19.9. The summed E-state index contributed by atoms with van der Waals surface area (Å²) in [7, 11) is 0. The summed E-state index contributed by atoms with van der Waals surface area (Å²) in [6.07, 6.45) is 3.90. The highest BCUT2D eigenvalue weighted by atomic mass is 16.5. The minimum Gasteiger partial charge on any atom is -0.483 e. The van der Waals surface area contributed by atoms with Gasteiger partial charge < -0.3 is 10.1 Å². The van der Waals surface area contributed by atoms with Gasteiger partial charge in [0.15, 0.2) is 6.61 Å². The van der Waals surface area contributed by atoms with Crippen LogP contribution in [0.2, 0.25) is 0 Å². The van der Waals surface area contributed by atoms with Crippen LogP contribution >= 0.6 is 0 Å². The average molecular weight is 389 g/mol. The molecule has 0 aliphatic carbocycles. The second-order valence-electron chi connectivity index (χ2n) is 7.65. The van der Waals surface area contributed by atoms with Gasteiger partial charge in [-0.25, -0.2) is 0 Å². The van der Waals surface area contributed by atoms with E-state index in [1.807, 2.05) is 48.5 Å². The minimum atomic E-state index is -0.106. The number of hydrogen-bond acceptors (Lipinski definition) is 3. The van der Waals surface area contributed by atoms with Gasteiger partial charge in [-0.05, 0) is 48.5 Å². The lowest BCUT2D eigenvalue weighted by atomic mass is 10.0. The van der Waals surface area contributed by atoms with Gasteiger partial charge >= 0.3 is 0 Å². The number of benzene rings is 3. The van der Waals surface area contributed by atoms with Gasteiger partial charge in [0.05, 0.1) is 0 Å². The topological polar surface area (TPSA) is 41.6 Å². The van der Waals surface area contributed by atoms with E-state index in [2.05, 4.69) is 28.4 Å². The molecule has 1 heterocycles. The normalized spacial score (nSPS) is 14.6. The number of hydrogen-bond donors (Lipinski definition) is 1. The van der Waals surface area contributed by atoms with Crippen LogP contribution in [-0.2, 0) is 17.9 Å². The average Bonchev–Trinajstić information content (AvgIpc) is 2.78.